The van der Waals surface area contributed by atoms with Crippen LogP contribution in [0.5, 0.6) is 0 Å². The van der Waals surface area contributed by atoms with Crippen molar-refractivity contribution in [3.8, 4) is 0 Å². The topological polar surface area (TPSA) is 0 Å². The van der Waals surface area contributed by atoms with Gasteiger partial charge in [-0.05, 0) is 50.2 Å². The fraction of sp³-hybridized carbons (Fsp3) is 0.667. The van der Waals surface area contributed by atoms with Gasteiger partial charge in [0.15, 0.2) is 0 Å². The first-order chi connectivity index (χ1) is 8.66. The van der Waals surface area contributed by atoms with E-state index in [1.807, 2.05) is 0 Å². The third kappa shape index (κ3) is 2.11. The van der Waals surface area contributed by atoms with E-state index in [0.29, 0.717) is 0 Å². The molecule has 0 heteroatoms. The van der Waals surface area contributed by atoms with Crippen molar-refractivity contribution in [1.82, 2.24) is 0 Å². The second-order valence-electron chi connectivity index (χ2n) is 5.15. The van der Waals surface area contributed by atoms with E-state index in [9.17, 15) is 0 Å². The lowest BCUT2D eigenvalue weighted by atomic mass is 9.72. The maximum Gasteiger partial charge on any atom is 0.0309 e. The summed E-state index contributed by atoms with van der Waals surface area (Å²) in [7, 11) is 0. The predicted molar refractivity (Wildman–Crippen MR) is 82.8 cm³/mol. The number of hydrogen-bond donors (Lipinski definition) is 0. The molecule has 0 N–H and O–H groups in total. The van der Waals surface area contributed by atoms with Gasteiger partial charge in [0.25, 0.3) is 0 Å². The SMILES string of the molecule is C/C=C/C1(CC)C(CC)=C(CC)C(CC)=C1CC. The zero-order valence-corrected chi connectivity index (χ0v) is 13.2. The Hall–Kier alpha value is -0.780. The average Bonchev–Trinajstić information content (AvgIpc) is 2.67. The molecule has 0 radical (unpaired) electrons. The molecule has 18 heavy (non-hydrogen) atoms. The minimum absolute atomic E-state index is 0.245. The van der Waals surface area contributed by atoms with Gasteiger partial charge in [-0.25, -0.2) is 0 Å². The normalized spacial score (nSPS) is 19.4. The Kier molecular flexibility index (Phi) is 5.44. The van der Waals surface area contributed by atoms with Gasteiger partial charge in [-0.1, -0.05) is 57.9 Å². The molecule has 0 saturated carbocycles. The monoisotopic (exact) mass is 246 g/mol. The highest BCUT2D eigenvalue weighted by Gasteiger charge is 2.40. The molecule has 0 heterocycles. The lowest BCUT2D eigenvalue weighted by Crippen LogP contribution is -2.20. The lowest BCUT2D eigenvalue weighted by Gasteiger charge is -2.32. The Balaban J connectivity index is 3.54. The first-order valence-electron chi connectivity index (χ1n) is 7.75. The molecular weight excluding hydrogens is 216 g/mol. The Morgan fingerprint density at radius 3 is 1.44 bits per heavy atom. The summed E-state index contributed by atoms with van der Waals surface area (Å²) >= 11 is 0. The van der Waals surface area contributed by atoms with E-state index in [2.05, 4.69) is 53.7 Å². The summed E-state index contributed by atoms with van der Waals surface area (Å²) in [5.74, 6) is 0. The molecule has 0 aromatic rings. The van der Waals surface area contributed by atoms with Gasteiger partial charge in [-0.2, -0.15) is 0 Å². The van der Waals surface area contributed by atoms with Crippen molar-refractivity contribution in [3.05, 3.63) is 34.4 Å². The van der Waals surface area contributed by atoms with Crippen LogP contribution in [0.3, 0.4) is 0 Å². The minimum Gasteiger partial charge on any atom is -0.0905 e. The molecule has 0 aromatic heterocycles. The van der Waals surface area contributed by atoms with Crippen molar-refractivity contribution in [1.29, 1.82) is 0 Å². The fourth-order valence-corrected chi connectivity index (χ4v) is 4.03. The van der Waals surface area contributed by atoms with Crippen LogP contribution in [-0.2, 0) is 0 Å². The van der Waals surface area contributed by atoms with E-state index < -0.39 is 0 Å². The number of rotatable bonds is 6. The van der Waals surface area contributed by atoms with Crippen molar-refractivity contribution in [2.75, 3.05) is 0 Å². The van der Waals surface area contributed by atoms with Crippen LogP contribution in [0.25, 0.3) is 0 Å². The van der Waals surface area contributed by atoms with E-state index >= 15 is 0 Å². The van der Waals surface area contributed by atoms with Crippen molar-refractivity contribution in [3.63, 3.8) is 0 Å². The van der Waals surface area contributed by atoms with Crippen LogP contribution < -0.4 is 0 Å². The second kappa shape index (κ2) is 6.41. The Morgan fingerprint density at radius 1 is 0.778 bits per heavy atom. The maximum absolute atomic E-state index is 2.46. The number of allylic oxidation sites excluding steroid dienone is 6. The first-order valence-corrected chi connectivity index (χ1v) is 7.75. The third-order valence-corrected chi connectivity index (χ3v) is 4.59. The molecule has 0 spiro atoms. The van der Waals surface area contributed by atoms with Crippen molar-refractivity contribution < 1.29 is 0 Å². The summed E-state index contributed by atoms with van der Waals surface area (Å²) in [6, 6.07) is 0. The van der Waals surface area contributed by atoms with E-state index in [4.69, 9.17) is 0 Å². The van der Waals surface area contributed by atoms with Crippen LogP contribution in [0.4, 0.5) is 0 Å². The highest BCUT2D eigenvalue weighted by molar-refractivity contribution is 5.56. The van der Waals surface area contributed by atoms with E-state index in [0.717, 1.165) is 0 Å². The molecule has 0 nitrogen and oxygen atoms in total. The molecule has 102 valence electrons. The summed E-state index contributed by atoms with van der Waals surface area (Å²) in [5.41, 5.74) is 6.96. The highest BCUT2D eigenvalue weighted by Crippen LogP contribution is 2.54. The van der Waals surface area contributed by atoms with Crippen molar-refractivity contribution >= 4 is 0 Å². The Labute approximate surface area is 114 Å². The Bertz CT molecular complexity index is 349. The molecule has 1 aliphatic rings. The summed E-state index contributed by atoms with van der Waals surface area (Å²) < 4.78 is 0. The zero-order valence-electron chi connectivity index (χ0n) is 13.2. The average molecular weight is 246 g/mol. The molecule has 0 saturated heterocycles. The smallest absolute Gasteiger partial charge is 0.0309 e. The summed E-state index contributed by atoms with van der Waals surface area (Å²) in [5, 5.41) is 0. The second-order valence-corrected chi connectivity index (χ2v) is 5.15. The Morgan fingerprint density at radius 2 is 1.22 bits per heavy atom. The molecule has 1 rings (SSSR count). The lowest BCUT2D eigenvalue weighted by molar-refractivity contribution is 0.503. The van der Waals surface area contributed by atoms with Crippen molar-refractivity contribution in [2.24, 2.45) is 5.41 Å². The standard InChI is InChI=1S/C18H30/c1-7-13-18(12-6)16(10-4)14(8-2)15(9-3)17(18)11-5/h7,13H,8-12H2,1-6H3/b13-7+. The van der Waals surface area contributed by atoms with Crippen molar-refractivity contribution in [2.45, 2.75) is 73.6 Å². The predicted octanol–water partition coefficient (Wildman–Crippen LogP) is 6.21. The van der Waals surface area contributed by atoms with Gasteiger partial charge in [-0.3, -0.25) is 0 Å². The zero-order chi connectivity index (χ0) is 13.8. The van der Waals surface area contributed by atoms with Gasteiger partial charge >= 0.3 is 0 Å². The van der Waals surface area contributed by atoms with Crippen LogP contribution in [0.15, 0.2) is 34.4 Å². The summed E-state index contributed by atoms with van der Waals surface area (Å²) in [6.45, 7) is 13.8. The van der Waals surface area contributed by atoms with Gasteiger partial charge < -0.3 is 0 Å². The fourth-order valence-electron chi connectivity index (χ4n) is 4.03. The van der Waals surface area contributed by atoms with Crippen LogP contribution >= 0.6 is 0 Å². The molecule has 0 fully saturated rings. The maximum atomic E-state index is 2.46. The molecule has 0 aromatic carbocycles. The number of hydrogen-bond acceptors (Lipinski definition) is 0. The first kappa shape index (κ1) is 15.3. The summed E-state index contributed by atoms with van der Waals surface area (Å²) in [4.78, 5) is 0. The molecule has 0 unspecified atom stereocenters. The molecule has 0 atom stereocenters. The van der Waals surface area contributed by atoms with E-state index in [1.165, 1.54) is 32.1 Å². The molecule has 1 aliphatic carbocycles. The van der Waals surface area contributed by atoms with Crippen LogP contribution in [0.2, 0.25) is 0 Å². The van der Waals surface area contributed by atoms with E-state index in [-0.39, 0.29) is 5.41 Å². The largest absolute Gasteiger partial charge is 0.0905 e. The minimum atomic E-state index is 0.245. The molecular formula is C18H30. The van der Waals surface area contributed by atoms with Gasteiger partial charge in [0.1, 0.15) is 0 Å². The van der Waals surface area contributed by atoms with Crippen LogP contribution in [0, 0.1) is 5.41 Å². The van der Waals surface area contributed by atoms with Crippen LogP contribution in [-0.4, -0.2) is 0 Å². The molecule has 0 amide bonds. The molecule has 0 aliphatic heterocycles. The molecule has 0 bridgehead atoms. The van der Waals surface area contributed by atoms with E-state index in [1.54, 1.807) is 22.3 Å². The summed E-state index contributed by atoms with van der Waals surface area (Å²) in [6.07, 6.45) is 10.7. The quantitative estimate of drug-likeness (QED) is 0.489. The third-order valence-electron chi connectivity index (χ3n) is 4.59. The van der Waals surface area contributed by atoms with Crippen LogP contribution in [0.1, 0.15) is 73.6 Å². The van der Waals surface area contributed by atoms with Gasteiger partial charge in [-0.15, -0.1) is 0 Å². The van der Waals surface area contributed by atoms with Gasteiger partial charge in [0, 0.05) is 5.41 Å². The highest BCUT2D eigenvalue weighted by atomic mass is 14.4. The van der Waals surface area contributed by atoms with Gasteiger partial charge in [0.2, 0.25) is 0 Å². The van der Waals surface area contributed by atoms with Gasteiger partial charge in [0.05, 0.1) is 0 Å².